The number of carbonyl (C=O) groups excluding carboxylic acids is 1. The Balaban J connectivity index is 1.53. The summed E-state index contributed by atoms with van der Waals surface area (Å²) in [4.78, 5) is 16.8. The molecular weight excluding hydrogens is 312 g/mol. The van der Waals surface area contributed by atoms with Crippen LogP contribution in [0.15, 0.2) is 28.6 Å². The van der Waals surface area contributed by atoms with Crippen LogP contribution in [-0.4, -0.2) is 22.7 Å². The zero-order chi connectivity index (χ0) is 15.5. The lowest BCUT2D eigenvalue weighted by molar-refractivity contribution is -0.119. The Kier molecular flexibility index (Phi) is 5.03. The van der Waals surface area contributed by atoms with Crippen LogP contribution in [0.3, 0.4) is 0 Å². The van der Waals surface area contributed by atoms with Crippen molar-refractivity contribution >= 4 is 39.2 Å². The molecule has 1 aliphatic rings. The summed E-state index contributed by atoms with van der Waals surface area (Å²) in [5.74, 6) is 1.87. The largest absolute Gasteiger partial charge is 0.352 e. The highest BCUT2D eigenvalue weighted by Crippen LogP contribution is 2.31. The molecule has 1 aromatic heterocycles. The summed E-state index contributed by atoms with van der Waals surface area (Å²) in [6.45, 7) is 4.55. The van der Waals surface area contributed by atoms with E-state index in [1.165, 1.54) is 17.5 Å². The van der Waals surface area contributed by atoms with Gasteiger partial charge < -0.3 is 5.32 Å². The molecule has 1 aliphatic carbocycles. The van der Waals surface area contributed by atoms with Crippen molar-refractivity contribution in [2.24, 2.45) is 11.8 Å². The van der Waals surface area contributed by atoms with Gasteiger partial charge in [0.25, 0.3) is 0 Å². The van der Waals surface area contributed by atoms with Crippen molar-refractivity contribution in [2.75, 3.05) is 5.75 Å². The van der Waals surface area contributed by atoms with Gasteiger partial charge in [-0.2, -0.15) is 0 Å². The maximum atomic E-state index is 12.2. The summed E-state index contributed by atoms with van der Waals surface area (Å²) in [6.07, 6.45) is 3.62. The summed E-state index contributed by atoms with van der Waals surface area (Å²) >= 11 is 3.20. The number of thioether (sulfide) groups is 1. The van der Waals surface area contributed by atoms with E-state index in [2.05, 4.69) is 30.2 Å². The fraction of sp³-hybridized carbons (Fsp3) is 0.529. The fourth-order valence-corrected chi connectivity index (χ4v) is 4.95. The van der Waals surface area contributed by atoms with Crippen LogP contribution in [-0.2, 0) is 4.79 Å². The maximum Gasteiger partial charge on any atom is 0.230 e. The lowest BCUT2D eigenvalue weighted by Crippen LogP contribution is -2.44. The second-order valence-electron chi connectivity index (χ2n) is 6.18. The van der Waals surface area contributed by atoms with Crippen LogP contribution >= 0.6 is 23.1 Å². The highest BCUT2D eigenvalue weighted by Gasteiger charge is 2.28. The van der Waals surface area contributed by atoms with E-state index < -0.39 is 0 Å². The van der Waals surface area contributed by atoms with Crippen molar-refractivity contribution in [1.82, 2.24) is 10.3 Å². The van der Waals surface area contributed by atoms with E-state index in [9.17, 15) is 4.79 Å². The van der Waals surface area contributed by atoms with Gasteiger partial charge in [-0.15, -0.1) is 11.3 Å². The second-order valence-corrected chi connectivity index (χ2v) is 8.43. The lowest BCUT2D eigenvalue weighted by Gasteiger charge is -2.34. The number of amides is 1. The van der Waals surface area contributed by atoms with Gasteiger partial charge in [-0.1, -0.05) is 50.6 Å². The summed E-state index contributed by atoms with van der Waals surface area (Å²) in [5.41, 5.74) is 1.02. The van der Waals surface area contributed by atoms with Crippen molar-refractivity contribution in [3.05, 3.63) is 24.3 Å². The summed E-state index contributed by atoms with van der Waals surface area (Å²) < 4.78 is 2.15. The van der Waals surface area contributed by atoms with Crippen LogP contribution < -0.4 is 5.32 Å². The maximum absolute atomic E-state index is 12.2. The van der Waals surface area contributed by atoms with Gasteiger partial charge >= 0.3 is 0 Å². The Morgan fingerprint density at radius 2 is 2.18 bits per heavy atom. The van der Waals surface area contributed by atoms with Crippen LogP contribution in [0.1, 0.15) is 33.1 Å². The second kappa shape index (κ2) is 7.01. The van der Waals surface area contributed by atoms with E-state index in [1.807, 2.05) is 18.2 Å². The number of hydrogen-bond acceptors (Lipinski definition) is 4. The molecule has 3 rings (SSSR count). The molecule has 5 heteroatoms. The van der Waals surface area contributed by atoms with E-state index in [1.54, 1.807) is 23.1 Å². The number of thiazole rings is 1. The predicted octanol–water partition coefficient (Wildman–Crippen LogP) is 4.33. The fourth-order valence-electron chi connectivity index (χ4n) is 3.07. The third-order valence-electron chi connectivity index (χ3n) is 4.65. The molecule has 1 N–H and O–H groups in total. The van der Waals surface area contributed by atoms with Crippen LogP contribution in [0.5, 0.6) is 0 Å². The van der Waals surface area contributed by atoms with Gasteiger partial charge in [-0.05, 0) is 30.4 Å². The summed E-state index contributed by atoms with van der Waals surface area (Å²) in [7, 11) is 0. The van der Waals surface area contributed by atoms with Crippen LogP contribution in [0, 0.1) is 11.8 Å². The summed E-state index contributed by atoms with van der Waals surface area (Å²) in [5, 5.41) is 3.22. The average Bonchev–Trinajstić information content (AvgIpc) is 2.93. The van der Waals surface area contributed by atoms with Crippen molar-refractivity contribution in [1.29, 1.82) is 0 Å². The first-order chi connectivity index (χ1) is 10.6. The van der Waals surface area contributed by atoms with E-state index in [-0.39, 0.29) is 5.91 Å². The first-order valence-corrected chi connectivity index (χ1v) is 9.71. The molecule has 0 saturated heterocycles. The molecular formula is C17H22N2OS2. The first kappa shape index (κ1) is 15.8. The SMILES string of the molecule is C[C@@H]1[C@@H](NC(=O)CSc2nc3ccccc3s2)CCC[C@@H]1C. The minimum atomic E-state index is 0.134. The number of aromatic nitrogens is 1. The van der Waals surface area contributed by atoms with Crippen LogP contribution in [0.4, 0.5) is 0 Å². The summed E-state index contributed by atoms with van der Waals surface area (Å²) in [6, 6.07) is 8.44. The van der Waals surface area contributed by atoms with Crippen LogP contribution in [0.2, 0.25) is 0 Å². The molecule has 0 spiro atoms. The normalized spacial score (nSPS) is 25.3. The number of nitrogens with zero attached hydrogens (tertiary/aromatic N) is 1. The Bertz CT molecular complexity index is 622. The Morgan fingerprint density at radius 3 is 3.00 bits per heavy atom. The van der Waals surface area contributed by atoms with Gasteiger partial charge in [0, 0.05) is 6.04 Å². The standard InChI is InChI=1S/C17H22N2OS2/c1-11-6-5-8-13(12(11)2)18-16(20)10-21-17-19-14-7-3-4-9-15(14)22-17/h3-4,7,9,11-13H,5-6,8,10H2,1-2H3,(H,18,20)/t11-,12-,13-/m0/s1. The van der Waals surface area contributed by atoms with Gasteiger partial charge in [-0.3, -0.25) is 4.79 Å². The minimum Gasteiger partial charge on any atom is -0.352 e. The van der Waals surface area contributed by atoms with Crippen molar-refractivity contribution in [3.8, 4) is 0 Å². The topological polar surface area (TPSA) is 42.0 Å². The molecule has 1 amide bonds. The third kappa shape index (κ3) is 3.63. The zero-order valence-electron chi connectivity index (χ0n) is 13.0. The van der Waals surface area contributed by atoms with Gasteiger partial charge in [-0.25, -0.2) is 4.98 Å². The molecule has 0 unspecified atom stereocenters. The van der Waals surface area contributed by atoms with E-state index in [0.717, 1.165) is 16.3 Å². The number of rotatable bonds is 4. The van der Waals surface area contributed by atoms with Crippen molar-refractivity contribution < 1.29 is 4.79 Å². The van der Waals surface area contributed by atoms with E-state index in [4.69, 9.17) is 0 Å². The van der Waals surface area contributed by atoms with Crippen molar-refractivity contribution in [3.63, 3.8) is 0 Å². The van der Waals surface area contributed by atoms with E-state index in [0.29, 0.717) is 23.6 Å². The van der Waals surface area contributed by atoms with E-state index >= 15 is 0 Å². The Hall–Kier alpha value is -1.07. The highest BCUT2D eigenvalue weighted by atomic mass is 32.2. The molecule has 22 heavy (non-hydrogen) atoms. The molecule has 0 radical (unpaired) electrons. The van der Waals surface area contributed by atoms with Crippen LogP contribution in [0.25, 0.3) is 10.2 Å². The number of para-hydroxylation sites is 1. The van der Waals surface area contributed by atoms with Gasteiger partial charge in [0.15, 0.2) is 4.34 Å². The zero-order valence-corrected chi connectivity index (χ0v) is 14.7. The minimum absolute atomic E-state index is 0.134. The quantitative estimate of drug-likeness (QED) is 0.846. The monoisotopic (exact) mass is 334 g/mol. The number of carbonyl (C=O) groups is 1. The number of fused-ring (bicyclic) bond motifs is 1. The number of nitrogens with one attached hydrogen (secondary N) is 1. The Morgan fingerprint density at radius 1 is 1.36 bits per heavy atom. The average molecular weight is 335 g/mol. The molecule has 118 valence electrons. The van der Waals surface area contributed by atoms with Gasteiger partial charge in [0.05, 0.1) is 16.0 Å². The predicted molar refractivity (Wildman–Crippen MR) is 94.5 cm³/mol. The molecule has 3 atom stereocenters. The molecule has 3 nitrogen and oxygen atoms in total. The molecule has 1 fully saturated rings. The third-order valence-corrected chi connectivity index (χ3v) is 6.83. The number of benzene rings is 1. The smallest absolute Gasteiger partial charge is 0.230 e. The number of hydrogen-bond donors (Lipinski definition) is 1. The van der Waals surface area contributed by atoms with Gasteiger partial charge in [0.1, 0.15) is 0 Å². The lowest BCUT2D eigenvalue weighted by atomic mass is 9.78. The molecule has 0 aliphatic heterocycles. The molecule has 1 saturated carbocycles. The molecule has 0 bridgehead atoms. The molecule has 1 aromatic carbocycles. The highest BCUT2D eigenvalue weighted by molar-refractivity contribution is 8.01. The molecule has 1 heterocycles. The Labute approximate surface area is 139 Å². The van der Waals surface area contributed by atoms with Crippen molar-refractivity contribution in [2.45, 2.75) is 43.5 Å². The van der Waals surface area contributed by atoms with Gasteiger partial charge in [0.2, 0.25) is 5.91 Å². The first-order valence-electron chi connectivity index (χ1n) is 7.91. The molecule has 2 aromatic rings.